The minimum atomic E-state index is -0.194. The minimum Gasteiger partial charge on any atom is -0.337 e. The van der Waals surface area contributed by atoms with Gasteiger partial charge in [-0.15, -0.1) is 0 Å². The summed E-state index contributed by atoms with van der Waals surface area (Å²) in [5.74, 6) is 1.05. The van der Waals surface area contributed by atoms with Crippen molar-refractivity contribution in [2.45, 2.75) is 33.2 Å². The molecular formula is C12H16N4O. The second kappa shape index (κ2) is 4.63. The van der Waals surface area contributed by atoms with Gasteiger partial charge in [0.05, 0.1) is 6.04 Å². The maximum Gasteiger partial charge on any atom is 0.243 e. The molecule has 0 aliphatic heterocycles. The van der Waals surface area contributed by atoms with Crippen LogP contribution < -0.4 is 5.73 Å². The first-order chi connectivity index (χ1) is 8.10. The van der Waals surface area contributed by atoms with Gasteiger partial charge in [0.2, 0.25) is 11.7 Å². The quantitative estimate of drug-likeness (QED) is 0.877. The van der Waals surface area contributed by atoms with E-state index in [1.165, 1.54) is 0 Å². The van der Waals surface area contributed by atoms with E-state index in [1.807, 2.05) is 32.9 Å². The van der Waals surface area contributed by atoms with E-state index >= 15 is 0 Å². The van der Waals surface area contributed by atoms with Gasteiger partial charge >= 0.3 is 0 Å². The van der Waals surface area contributed by atoms with Crippen LogP contribution in [-0.4, -0.2) is 15.1 Å². The van der Waals surface area contributed by atoms with Gasteiger partial charge in [-0.3, -0.25) is 4.98 Å². The summed E-state index contributed by atoms with van der Waals surface area (Å²) in [6.07, 6.45) is 0.774. The van der Waals surface area contributed by atoms with Crippen LogP contribution in [0.15, 0.2) is 16.7 Å². The average Bonchev–Trinajstić information content (AvgIpc) is 2.76. The lowest BCUT2D eigenvalue weighted by Crippen LogP contribution is -2.08. The van der Waals surface area contributed by atoms with E-state index in [-0.39, 0.29) is 6.04 Å². The molecule has 2 N–H and O–H groups in total. The molecule has 0 amide bonds. The Kier molecular flexibility index (Phi) is 3.19. The lowest BCUT2D eigenvalue weighted by molar-refractivity contribution is 0.352. The van der Waals surface area contributed by atoms with Crippen molar-refractivity contribution >= 4 is 0 Å². The van der Waals surface area contributed by atoms with Crippen molar-refractivity contribution in [2.75, 3.05) is 0 Å². The van der Waals surface area contributed by atoms with Crippen LogP contribution in [0.4, 0.5) is 0 Å². The second-order valence-electron chi connectivity index (χ2n) is 4.11. The van der Waals surface area contributed by atoms with Crippen LogP contribution in [-0.2, 0) is 0 Å². The van der Waals surface area contributed by atoms with Gasteiger partial charge in [-0.05, 0) is 32.4 Å². The molecule has 0 radical (unpaired) electrons. The summed E-state index contributed by atoms with van der Waals surface area (Å²) in [5, 5.41) is 3.94. The Morgan fingerprint density at radius 1 is 1.24 bits per heavy atom. The molecule has 2 rings (SSSR count). The first kappa shape index (κ1) is 11.7. The Morgan fingerprint density at radius 2 is 1.88 bits per heavy atom. The third-order valence-corrected chi connectivity index (χ3v) is 2.54. The Labute approximate surface area is 100 Å². The molecule has 0 fully saturated rings. The summed E-state index contributed by atoms with van der Waals surface area (Å²) >= 11 is 0. The normalized spacial score (nSPS) is 12.7. The lowest BCUT2D eigenvalue weighted by Gasteiger charge is -2.00. The molecule has 0 saturated heterocycles. The summed E-state index contributed by atoms with van der Waals surface area (Å²) in [6, 6.07) is 3.67. The third-order valence-electron chi connectivity index (χ3n) is 2.54. The highest BCUT2D eigenvalue weighted by Crippen LogP contribution is 2.20. The van der Waals surface area contributed by atoms with E-state index in [0.717, 1.165) is 23.4 Å². The summed E-state index contributed by atoms with van der Waals surface area (Å²) in [7, 11) is 0. The predicted octanol–water partition coefficient (Wildman–Crippen LogP) is 2.16. The van der Waals surface area contributed by atoms with E-state index in [2.05, 4.69) is 15.1 Å². The van der Waals surface area contributed by atoms with Crippen molar-refractivity contribution in [1.82, 2.24) is 15.1 Å². The number of pyridine rings is 1. The van der Waals surface area contributed by atoms with Gasteiger partial charge in [0.1, 0.15) is 0 Å². The van der Waals surface area contributed by atoms with Crippen LogP contribution in [0, 0.1) is 13.8 Å². The number of nitrogens with zero attached hydrogens (tertiary/aromatic N) is 3. The first-order valence-electron chi connectivity index (χ1n) is 5.65. The highest BCUT2D eigenvalue weighted by Gasteiger charge is 2.14. The van der Waals surface area contributed by atoms with Crippen molar-refractivity contribution < 1.29 is 4.52 Å². The smallest absolute Gasteiger partial charge is 0.243 e. The lowest BCUT2D eigenvalue weighted by atomic mass is 10.2. The van der Waals surface area contributed by atoms with Crippen LogP contribution in [0.5, 0.6) is 0 Å². The standard InChI is InChI=1S/C12H16N4O/c1-4-10(13)12-15-11(16-17-12)9-5-7(2)14-8(3)6-9/h5-6,10H,4,13H2,1-3H3. The van der Waals surface area contributed by atoms with Crippen molar-refractivity contribution in [2.24, 2.45) is 5.73 Å². The van der Waals surface area contributed by atoms with E-state index in [9.17, 15) is 0 Å². The topological polar surface area (TPSA) is 77.8 Å². The number of hydrogen-bond acceptors (Lipinski definition) is 5. The second-order valence-corrected chi connectivity index (χ2v) is 4.11. The van der Waals surface area contributed by atoms with Crippen LogP contribution >= 0.6 is 0 Å². The molecule has 0 aliphatic carbocycles. The summed E-state index contributed by atoms with van der Waals surface area (Å²) < 4.78 is 5.14. The molecule has 5 nitrogen and oxygen atoms in total. The molecular weight excluding hydrogens is 216 g/mol. The molecule has 5 heteroatoms. The average molecular weight is 232 g/mol. The molecule has 0 saturated carbocycles. The van der Waals surface area contributed by atoms with Gasteiger partial charge in [0.25, 0.3) is 0 Å². The van der Waals surface area contributed by atoms with Crippen molar-refractivity contribution in [3.8, 4) is 11.4 Å². The zero-order valence-electron chi connectivity index (χ0n) is 10.3. The monoisotopic (exact) mass is 232 g/mol. The van der Waals surface area contributed by atoms with Gasteiger partial charge in [0.15, 0.2) is 0 Å². The van der Waals surface area contributed by atoms with Crippen LogP contribution in [0.1, 0.15) is 36.7 Å². The van der Waals surface area contributed by atoms with Crippen molar-refractivity contribution in [3.05, 3.63) is 29.4 Å². The van der Waals surface area contributed by atoms with E-state index in [4.69, 9.17) is 10.3 Å². The molecule has 2 aromatic heterocycles. The van der Waals surface area contributed by atoms with Gasteiger partial charge in [-0.2, -0.15) is 4.98 Å². The molecule has 0 bridgehead atoms. The van der Waals surface area contributed by atoms with E-state index < -0.39 is 0 Å². The third kappa shape index (κ3) is 2.50. The number of aryl methyl sites for hydroxylation is 2. The molecule has 1 unspecified atom stereocenters. The molecule has 90 valence electrons. The minimum absolute atomic E-state index is 0.194. The number of rotatable bonds is 3. The first-order valence-corrected chi connectivity index (χ1v) is 5.65. The SMILES string of the molecule is CCC(N)c1nc(-c2cc(C)nc(C)c2)no1. The maximum absolute atomic E-state index is 5.84. The zero-order chi connectivity index (χ0) is 12.4. The zero-order valence-corrected chi connectivity index (χ0v) is 10.3. The Balaban J connectivity index is 2.36. The predicted molar refractivity (Wildman–Crippen MR) is 64.2 cm³/mol. The van der Waals surface area contributed by atoms with Gasteiger partial charge in [-0.25, -0.2) is 0 Å². The summed E-state index contributed by atoms with van der Waals surface area (Å²) in [6.45, 7) is 5.86. The molecule has 0 aromatic carbocycles. The fourth-order valence-electron chi connectivity index (χ4n) is 1.64. The highest BCUT2D eigenvalue weighted by atomic mass is 16.5. The van der Waals surface area contributed by atoms with E-state index in [1.54, 1.807) is 0 Å². The van der Waals surface area contributed by atoms with Crippen LogP contribution in [0.3, 0.4) is 0 Å². The van der Waals surface area contributed by atoms with Gasteiger partial charge in [-0.1, -0.05) is 12.1 Å². The molecule has 17 heavy (non-hydrogen) atoms. The van der Waals surface area contributed by atoms with E-state index in [0.29, 0.717) is 11.7 Å². The van der Waals surface area contributed by atoms with Gasteiger partial charge < -0.3 is 10.3 Å². The molecule has 0 spiro atoms. The Morgan fingerprint density at radius 3 is 2.47 bits per heavy atom. The molecule has 0 aliphatic rings. The number of aromatic nitrogens is 3. The molecule has 2 aromatic rings. The highest BCUT2D eigenvalue weighted by molar-refractivity contribution is 5.55. The van der Waals surface area contributed by atoms with Crippen LogP contribution in [0.25, 0.3) is 11.4 Å². The number of hydrogen-bond donors (Lipinski definition) is 1. The summed E-state index contributed by atoms with van der Waals surface area (Å²) in [5.41, 5.74) is 8.62. The summed E-state index contributed by atoms with van der Waals surface area (Å²) in [4.78, 5) is 8.61. The van der Waals surface area contributed by atoms with Gasteiger partial charge in [0, 0.05) is 17.0 Å². The largest absolute Gasteiger partial charge is 0.337 e. The van der Waals surface area contributed by atoms with Crippen LogP contribution in [0.2, 0.25) is 0 Å². The fourth-order valence-corrected chi connectivity index (χ4v) is 1.64. The Hall–Kier alpha value is -1.75. The Bertz CT molecular complexity index is 501. The number of nitrogens with two attached hydrogens (primary N) is 1. The maximum atomic E-state index is 5.84. The van der Waals surface area contributed by atoms with Crippen molar-refractivity contribution in [1.29, 1.82) is 0 Å². The van der Waals surface area contributed by atoms with Crippen molar-refractivity contribution in [3.63, 3.8) is 0 Å². The molecule has 1 atom stereocenters. The molecule has 2 heterocycles. The fraction of sp³-hybridized carbons (Fsp3) is 0.417.